The molecule has 5 rings (SSSR count). The first kappa shape index (κ1) is 24.4. The van der Waals surface area contributed by atoms with E-state index < -0.39 is 5.92 Å². The van der Waals surface area contributed by atoms with Gasteiger partial charge in [-0.3, -0.25) is 14.5 Å². The van der Waals surface area contributed by atoms with Gasteiger partial charge in [0, 0.05) is 34.9 Å². The minimum atomic E-state index is -0.409. The predicted molar refractivity (Wildman–Crippen MR) is 137 cm³/mol. The Morgan fingerprint density at radius 3 is 2.33 bits per heavy atom. The van der Waals surface area contributed by atoms with E-state index in [1.54, 1.807) is 37.6 Å². The van der Waals surface area contributed by atoms with E-state index in [1.165, 1.54) is 4.88 Å². The van der Waals surface area contributed by atoms with Gasteiger partial charge in [0.15, 0.2) is 17.3 Å². The summed E-state index contributed by atoms with van der Waals surface area (Å²) in [7, 11) is 4.65. The quantitative estimate of drug-likeness (QED) is 0.502. The van der Waals surface area contributed by atoms with Crippen molar-refractivity contribution in [2.45, 2.75) is 63.7 Å². The fraction of sp³-hybridized carbons (Fsp3) is 0.464. The Labute approximate surface area is 215 Å². The zero-order chi connectivity index (χ0) is 25.4. The number of nitrogens with zero attached hydrogens (tertiary/aromatic N) is 2. The number of amides is 1. The Bertz CT molecular complexity index is 1280. The predicted octanol–water partition coefficient (Wildman–Crippen LogP) is 5.44. The molecule has 0 saturated carbocycles. The first-order chi connectivity index (χ1) is 17.5. The molecule has 1 aromatic carbocycles. The van der Waals surface area contributed by atoms with E-state index in [2.05, 4.69) is 6.07 Å². The number of ether oxygens (including phenoxy) is 3. The summed E-state index contributed by atoms with van der Waals surface area (Å²) >= 11 is 1.56. The van der Waals surface area contributed by atoms with Crippen LogP contribution in [0.1, 0.15) is 72.4 Å². The Morgan fingerprint density at radius 2 is 1.67 bits per heavy atom. The third-order valence-corrected chi connectivity index (χ3v) is 8.76. The smallest absolute Gasteiger partial charge is 0.232 e. The van der Waals surface area contributed by atoms with Crippen LogP contribution in [0.15, 0.2) is 23.4 Å². The lowest BCUT2D eigenvalue weighted by Crippen LogP contribution is -2.40. The maximum atomic E-state index is 13.8. The molecular weight excluding hydrogens is 476 g/mol. The topological polar surface area (TPSA) is 88.9 Å². The van der Waals surface area contributed by atoms with E-state index in [0.717, 1.165) is 48.9 Å². The highest BCUT2D eigenvalue weighted by molar-refractivity contribution is 7.16. The Hall–Kier alpha value is -3.31. The van der Waals surface area contributed by atoms with E-state index in [-0.39, 0.29) is 18.1 Å². The summed E-state index contributed by atoms with van der Waals surface area (Å²) in [4.78, 5) is 30.1. The van der Waals surface area contributed by atoms with Crippen molar-refractivity contribution in [3.8, 4) is 23.3 Å². The molecule has 188 valence electrons. The van der Waals surface area contributed by atoms with Gasteiger partial charge in [0.2, 0.25) is 11.7 Å². The Morgan fingerprint density at radius 1 is 0.944 bits per heavy atom. The fourth-order valence-corrected chi connectivity index (χ4v) is 7.20. The number of hydrogen-bond acceptors (Lipinski definition) is 7. The molecule has 1 aromatic heterocycles. The largest absolute Gasteiger partial charge is 0.493 e. The first-order valence-electron chi connectivity index (χ1n) is 12.5. The summed E-state index contributed by atoms with van der Waals surface area (Å²) in [5.74, 6) is 1.00. The van der Waals surface area contributed by atoms with E-state index >= 15 is 0 Å². The van der Waals surface area contributed by atoms with Gasteiger partial charge >= 0.3 is 0 Å². The van der Waals surface area contributed by atoms with Gasteiger partial charge in [-0.1, -0.05) is 6.42 Å². The average Bonchev–Trinajstić information content (AvgIpc) is 3.06. The molecule has 0 radical (unpaired) electrons. The van der Waals surface area contributed by atoms with E-state index in [9.17, 15) is 14.9 Å². The molecule has 0 bridgehead atoms. The molecule has 0 spiro atoms. The third kappa shape index (κ3) is 3.96. The molecule has 8 heteroatoms. The van der Waals surface area contributed by atoms with Crippen LogP contribution in [-0.4, -0.2) is 33.0 Å². The number of carbonyl (C=O) groups excluding carboxylic acids is 2. The lowest BCUT2D eigenvalue weighted by molar-refractivity contribution is -0.119. The standard InChI is InChI=1S/C28H30N2O5S/c1-33-22-12-16(13-23(34-2)27(22)35-3)18-14-25(32)30(20-9-7-10-21(31)26(18)20)28-19(15-29)17-8-5-4-6-11-24(17)36-28/h12-13,18H,4-11,14H2,1-3H3. The molecule has 1 amide bonds. The van der Waals surface area contributed by atoms with E-state index in [0.29, 0.717) is 52.6 Å². The molecule has 2 heterocycles. The molecule has 36 heavy (non-hydrogen) atoms. The van der Waals surface area contributed by atoms with Crippen LogP contribution in [0, 0.1) is 11.3 Å². The van der Waals surface area contributed by atoms with Crippen molar-refractivity contribution in [3.05, 3.63) is 45.0 Å². The van der Waals surface area contributed by atoms with Crippen molar-refractivity contribution < 1.29 is 23.8 Å². The van der Waals surface area contributed by atoms with Crippen molar-refractivity contribution in [2.24, 2.45) is 0 Å². The van der Waals surface area contributed by atoms with Crippen LogP contribution >= 0.6 is 11.3 Å². The molecular formula is C28H30N2O5S. The molecule has 0 fully saturated rings. The van der Waals surface area contributed by atoms with Crippen LogP contribution < -0.4 is 19.1 Å². The molecule has 0 saturated heterocycles. The van der Waals surface area contributed by atoms with Gasteiger partial charge < -0.3 is 14.2 Å². The van der Waals surface area contributed by atoms with E-state index in [1.807, 2.05) is 12.1 Å². The Kier molecular flexibility index (Phi) is 6.76. The van der Waals surface area contributed by atoms with Gasteiger partial charge in [0.25, 0.3) is 0 Å². The molecule has 2 aromatic rings. The molecule has 1 aliphatic heterocycles. The minimum absolute atomic E-state index is 0.0594. The van der Waals surface area contributed by atoms with Crippen LogP contribution in [0.4, 0.5) is 5.00 Å². The maximum absolute atomic E-state index is 13.8. The van der Waals surface area contributed by atoms with Gasteiger partial charge in [0.05, 0.1) is 26.9 Å². The number of aryl methyl sites for hydroxylation is 1. The number of carbonyl (C=O) groups is 2. The average molecular weight is 507 g/mol. The number of allylic oxidation sites excluding steroid dienone is 2. The minimum Gasteiger partial charge on any atom is -0.493 e. The Balaban J connectivity index is 1.67. The monoisotopic (exact) mass is 506 g/mol. The highest BCUT2D eigenvalue weighted by Crippen LogP contribution is 2.49. The van der Waals surface area contributed by atoms with Gasteiger partial charge in [-0.05, 0) is 61.8 Å². The van der Waals surface area contributed by atoms with Crippen LogP contribution in [0.3, 0.4) is 0 Å². The summed E-state index contributed by atoms with van der Waals surface area (Å²) in [5.41, 5.74) is 3.90. The lowest BCUT2D eigenvalue weighted by atomic mass is 9.77. The fourth-order valence-electron chi connectivity index (χ4n) is 5.82. The summed E-state index contributed by atoms with van der Waals surface area (Å²) in [6, 6.07) is 6.06. The highest BCUT2D eigenvalue weighted by atomic mass is 32.1. The van der Waals surface area contributed by atoms with Crippen molar-refractivity contribution >= 4 is 28.0 Å². The van der Waals surface area contributed by atoms with Gasteiger partial charge in [-0.2, -0.15) is 5.26 Å². The van der Waals surface area contributed by atoms with Gasteiger partial charge in [-0.15, -0.1) is 11.3 Å². The number of hydrogen-bond donors (Lipinski definition) is 0. The maximum Gasteiger partial charge on any atom is 0.232 e. The van der Waals surface area contributed by atoms with Crippen molar-refractivity contribution in [1.29, 1.82) is 5.26 Å². The second-order valence-corrected chi connectivity index (χ2v) is 10.5. The third-order valence-electron chi connectivity index (χ3n) is 7.48. The van der Waals surface area contributed by atoms with Crippen molar-refractivity contribution in [1.82, 2.24) is 0 Å². The van der Waals surface area contributed by atoms with Crippen LogP contribution in [-0.2, 0) is 22.4 Å². The van der Waals surface area contributed by atoms with Crippen molar-refractivity contribution in [2.75, 3.05) is 26.2 Å². The molecule has 7 nitrogen and oxygen atoms in total. The number of ketones is 1. The number of methoxy groups -OCH3 is 3. The zero-order valence-corrected chi connectivity index (χ0v) is 21.8. The molecule has 2 aliphatic carbocycles. The van der Waals surface area contributed by atoms with Crippen LogP contribution in [0.25, 0.3) is 0 Å². The first-order valence-corrected chi connectivity index (χ1v) is 13.3. The van der Waals surface area contributed by atoms with E-state index in [4.69, 9.17) is 14.2 Å². The van der Waals surface area contributed by atoms with Gasteiger partial charge in [-0.25, -0.2) is 0 Å². The highest BCUT2D eigenvalue weighted by Gasteiger charge is 2.42. The summed E-state index contributed by atoms with van der Waals surface area (Å²) in [6.45, 7) is 0. The van der Waals surface area contributed by atoms with Crippen molar-refractivity contribution in [3.63, 3.8) is 0 Å². The molecule has 0 N–H and O–H groups in total. The number of rotatable bonds is 5. The second-order valence-electron chi connectivity index (χ2n) is 9.44. The molecule has 1 atom stereocenters. The van der Waals surface area contributed by atoms with Gasteiger partial charge in [0.1, 0.15) is 11.1 Å². The normalized spacial score (nSPS) is 19.8. The number of thiophene rings is 1. The number of Topliss-reactive ketones (excluding diaryl/α,β-unsaturated/α-hetero) is 1. The molecule has 1 unspecified atom stereocenters. The second kappa shape index (κ2) is 9.98. The van der Waals surface area contributed by atoms with Crippen LogP contribution in [0.2, 0.25) is 0 Å². The summed E-state index contributed by atoms with van der Waals surface area (Å²) in [6.07, 6.45) is 7.03. The number of nitriles is 1. The summed E-state index contributed by atoms with van der Waals surface area (Å²) < 4.78 is 16.5. The van der Waals surface area contributed by atoms with Crippen LogP contribution in [0.5, 0.6) is 17.2 Å². The number of fused-ring (bicyclic) bond motifs is 1. The summed E-state index contributed by atoms with van der Waals surface area (Å²) in [5, 5.41) is 10.8. The lowest BCUT2D eigenvalue weighted by Gasteiger charge is -2.38. The SMILES string of the molecule is COc1cc(C2CC(=O)N(c3sc4c(c3C#N)CCCCC4)C3=C2C(=O)CCC3)cc(OC)c1OC. The zero-order valence-electron chi connectivity index (χ0n) is 20.9. The number of benzene rings is 1. The molecule has 3 aliphatic rings. The number of anilines is 1.